The maximum absolute atomic E-state index is 6.17. The van der Waals surface area contributed by atoms with E-state index in [1.165, 1.54) is 20.2 Å². The zero-order valence-electron chi connectivity index (χ0n) is 7.63. The van der Waals surface area contributed by atoms with E-state index in [0.29, 0.717) is 0 Å². The lowest BCUT2D eigenvalue weighted by atomic mass is 10.1. The molecule has 0 aliphatic carbocycles. The average Bonchev–Trinajstić information content (AvgIpc) is 2.58. The molecule has 0 N–H and O–H groups in total. The fraction of sp³-hybridized carbons (Fsp3) is 0. The SMILES string of the molecule is Clc1cccc2c1sc1ccc(Br)cc12. The minimum absolute atomic E-state index is 0.838. The smallest absolute Gasteiger partial charge is 0.0584 e. The fourth-order valence-corrected chi connectivity index (χ4v) is 3.48. The van der Waals surface area contributed by atoms with Crippen LogP contribution in [0.1, 0.15) is 0 Å². The van der Waals surface area contributed by atoms with Crippen molar-refractivity contribution in [2.45, 2.75) is 0 Å². The third-order valence-electron chi connectivity index (χ3n) is 2.41. The Morgan fingerprint density at radius 1 is 1.07 bits per heavy atom. The molecular weight excluding hydrogens is 292 g/mol. The Labute approximate surface area is 105 Å². The summed E-state index contributed by atoms with van der Waals surface area (Å²) in [7, 11) is 0. The van der Waals surface area contributed by atoms with E-state index in [1.54, 1.807) is 11.3 Å². The van der Waals surface area contributed by atoms with Crippen LogP contribution < -0.4 is 0 Å². The predicted molar refractivity (Wildman–Crippen MR) is 72.0 cm³/mol. The Kier molecular flexibility index (Phi) is 2.23. The molecule has 0 fully saturated rings. The van der Waals surface area contributed by atoms with Gasteiger partial charge in [0.1, 0.15) is 0 Å². The summed E-state index contributed by atoms with van der Waals surface area (Å²) in [5.41, 5.74) is 0. The standard InChI is InChI=1S/C12H6BrClS/c13-7-4-5-11-9(6-7)8-2-1-3-10(14)12(8)15-11/h1-6H. The van der Waals surface area contributed by atoms with Gasteiger partial charge in [-0.3, -0.25) is 0 Å². The van der Waals surface area contributed by atoms with Crippen LogP contribution in [0.5, 0.6) is 0 Å². The highest BCUT2D eigenvalue weighted by Gasteiger charge is 2.07. The second-order valence-corrected chi connectivity index (χ2v) is 5.73. The van der Waals surface area contributed by atoms with E-state index in [1.807, 2.05) is 12.1 Å². The zero-order chi connectivity index (χ0) is 10.4. The molecule has 2 aromatic carbocycles. The predicted octanol–water partition coefficient (Wildman–Crippen LogP) is 5.47. The molecule has 0 bridgehead atoms. The first kappa shape index (κ1) is 9.64. The first-order chi connectivity index (χ1) is 7.25. The van der Waals surface area contributed by atoms with Gasteiger partial charge < -0.3 is 0 Å². The number of hydrogen-bond donors (Lipinski definition) is 0. The lowest BCUT2D eigenvalue weighted by Gasteiger charge is -1.93. The van der Waals surface area contributed by atoms with Crippen LogP contribution in [0.25, 0.3) is 20.2 Å². The maximum Gasteiger partial charge on any atom is 0.0584 e. The van der Waals surface area contributed by atoms with Crippen molar-refractivity contribution in [2.24, 2.45) is 0 Å². The van der Waals surface area contributed by atoms with Crippen molar-refractivity contribution < 1.29 is 0 Å². The van der Waals surface area contributed by atoms with E-state index in [0.717, 1.165) is 9.50 Å². The van der Waals surface area contributed by atoms with Gasteiger partial charge in [0.25, 0.3) is 0 Å². The Balaban J connectivity index is 2.58. The molecule has 15 heavy (non-hydrogen) atoms. The van der Waals surface area contributed by atoms with Crippen molar-refractivity contribution in [2.75, 3.05) is 0 Å². The quantitative estimate of drug-likeness (QED) is 0.516. The average molecular weight is 298 g/mol. The lowest BCUT2D eigenvalue weighted by Crippen LogP contribution is -1.67. The number of halogens is 2. The number of hydrogen-bond acceptors (Lipinski definition) is 1. The van der Waals surface area contributed by atoms with E-state index in [4.69, 9.17) is 11.6 Å². The van der Waals surface area contributed by atoms with Crippen molar-refractivity contribution in [1.29, 1.82) is 0 Å². The highest BCUT2D eigenvalue weighted by Crippen LogP contribution is 2.38. The maximum atomic E-state index is 6.17. The number of benzene rings is 2. The molecule has 3 aromatic rings. The molecule has 0 aliphatic rings. The van der Waals surface area contributed by atoms with Gasteiger partial charge in [-0.25, -0.2) is 0 Å². The van der Waals surface area contributed by atoms with E-state index < -0.39 is 0 Å². The number of fused-ring (bicyclic) bond motifs is 3. The minimum Gasteiger partial charge on any atom is -0.134 e. The molecule has 0 saturated heterocycles. The summed E-state index contributed by atoms with van der Waals surface area (Å²) >= 11 is 11.4. The van der Waals surface area contributed by atoms with Gasteiger partial charge in [-0.15, -0.1) is 11.3 Å². The largest absolute Gasteiger partial charge is 0.134 e. The van der Waals surface area contributed by atoms with Gasteiger partial charge in [0.15, 0.2) is 0 Å². The molecule has 0 nitrogen and oxygen atoms in total. The topological polar surface area (TPSA) is 0 Å². The van der Waals surface area contributed by atoms with Crippen molar-refractivity contribution >= 4 is 59.0 Å². The first-order valence-electron chi connectivity index (χ1n) is 4.52. The summed E-state index contributed by atoms with van der Waals surface area (Å²) in [5.74, 6) is 0. The number of thiophene rings is 1. The molecule has 0 radical (unpaired) electrons. The summed E-state index contributed by atoms with van der Waals surface area (Å²) in [5, 5.41) is 3.35. The third-order valence-corrected chi connectivity index (χ3v) is 4.55. The summed E-state index contributed by atoms with van der Waals surface area (Å²) in [6.45, 7) is 0. The Hall–Kier alpha value is -0.570. The molecule has 0 atom stereocenters. The van der Waals surface area contributed by atoms with Crippen LogP contribution in [0.2, 0.25) is 5.02 Å². The van der Waals surface area contributed by atoms with Crippen LogP contribution in [-0.4, -0.2) is 0 Å². The van der Waals surface area contributed by atoms with Crippen molar-refractivity contribution in [3.63, 3.8) is 0 Å². The van der Waals surface area contributed by atoms with Crippen LogP contribution >= 0.6 is 38.9 Å². The molecule has 0 spiro atoms. The molecule has 3 rings (SSSR count). The molecule has 74 valence electrons. The van der Waals surface area contributed by atoms with Gasteiger partial charge in [-0.2, -0.15) is 0 Å². The van der Waals surface area contributed by atoms with Crippen molar-refractivity contribution in [1.82, 2.24) is 0 Å². The summed E-state index contributed by atoms with van der Waals surface area (Å²) < 4.78 is 3.56. The van der Waals surface area contributed by atoms with Crippen LogP contribution in [0.4, 0.5) is 0 Å². The van der Waals surface area contributed by atoms with E-state index in [2.05, 4.69) is 40.2 Å². The van der Waals surface area contributed by atoms with Gasteiger partial charge in [0.05, 0.1) is 9.72 Å². The van der Waals surface area contributed by atoms with Crippen LogP contribution in [0.15, 0.2) is 40.9 Å². The molecule has 0 saturated carbocycles. The minimum atomic E-state index is 0.838. The summed E-state index contributed by atoms with van der Waals surface area (Å²) in [4.78, 5) is 0. The molecule has 0 aliphatic heterocycles. The third kappa shape index (κ3) is 1.48. The second kappa shape index (κ2) is 3.48. The zero-order valence-corrected chi connectivity index (χ0v) is 10.8. The van der Waals surface area contributed by atoms with Gasteiger partial charge in [0.2, 0.25) is 0 Å². The molecular formula is C12H6BrClS. The molecule has 3 heteroatoms. The fourth-order valence-electron chi connectivity index (χ4n) is 1.74. The monoisotopic (exact) mass is 296 g/mol. The van der Waals surface area contributed by atoms with Crippen LogP contribution in [0.3, 0.4) is 0 Å². The van der Waals surface area contributed by atoms with Crippen LogP contribution in [0, 0.1) is 0 Å². The molecule has 1 heterocycles. The second-order valence-electron chi connectivity index (χ2n) is 3.36. The Morgan fingerprint density at radius 3 is 2.80 bits per heavy atom. The number of rotatable bonds is 0. The van der Waals surface area contributed by atoms with Gasteiger partial charge in [-0.1, -0.05) is 39.7 Å². The van der Waals surface area contributed by atoms with E-state index in [9.17, 15) is 0 Å². The van der Waals surface area contributed by atoms with Crippen molar-refractivity contribution in [3.05, 3.63) is 45.9 Å². The molecule has 1 aromatic heterocycles. The van der Waals surface area contributed by atoms with Gasteiger partial charge in [0, 0.05) is 19.9 Å². The molecule has 0 unspecified atom stereocenters. The van der Waals surface area contributed by atoms with Gasteiger partial charge in [-0.05, 0) is 24.3 Å². The highest BCUT2D eigenvalue weighted by atomic mass is 79.9. The Morgan fingerprint density at radius 2 is 1.93 bits per heavy atom. The van der Waals surface area contributed by atoms with Gasteiger partial charge >= 0.3 is 0 Å². The lowest BCUT2D eigenvalue weighted by molar-refractivity contribution is 1.77. The van der Waals surface area contributed by atoms with Crippen molar-refractivity contribution in [3.8, 4) is 0 Å². The molecule has 0 amide bonds. The summed E-state index contributed by atoms with van der Waals surface area (Å²) in [6, 6.07) is 12.4. The highest BCUT2D eigenvalue weighted by molar-refractivity contribution is 9.10. The normalized spacial score (nSPS) is 11.3. The van der Waals surface area contributed by atoms with Crippen LogP contribution in [-0.2, 0) is 0 Å². The van der Waals surface area contributed by atoms with E-state index >= 15 is 0 Å². The van der Waals surface area contributed by atoms with E-state index in [-0.39, 0.29) is 0 Å². The Bertz CT molecular complexity index is 657. The first-order valence-corrected chi connectivity index (χ1v) is 6.51. The summed E-state index contributed by atoms with van der Waals surface area (Å²) in [6.07, 6.45) is 0.